The van der Waals surface area contributed by atoms with Crippen LogP contribution in [-0.4, -0.2) is 54.1 Å². The molecule has 0 atom stereocenters. The second kappa shape index (κ2) is 8.08. The zero-order chi connectivity index (χ0) is 23.2. The second-order valence-electron chi connectivity index (χ2n) is 8.26. The Morgan fingerprint density at radius 2 is 1.82 bits per heavy atom. The summed E-state index contributed by atoms with van der Waals surface area (Å²) in [6.45, 7) is 0.795. The molecule has 0 saturated heterocycles. The number of hydrogen-bond acceptors (Lipinski definition) is 7. The maximum Gasteiger partial charge on any atom is 0.176 e. The zero-order valence-corrected chi connectivity index (χ0v) is 19.2. The van der Waals surface area contributed by atoms with Crippen molar-refractivity contribution in [2.24, 2.45) is 0 Å². The lowest BCUT2D eigenvalue weighted by atomic mass is 10.1. The standard InChI is InChI=1S/C24H19FN8S/c1-33(2)12-13-7-14(9-26-8-13)16-3-4-17-22(28-16)23(32-31-17)24-29-18-11-27-10-15(21(18)30-24)19-5-6-20(25)34-19/h3-11H,12H2,1-2H3,(H,29,30)(H,31,32). The van der Waals surface area contributed by atoms with Crippen LogP contribution in [-0.2, 0) is 6.54 Å². The molecule has 34 heavy (non-hydrogen) atoms. The first-order valence-electron chi connectivity index (χ1n) is 10.6. The first-order valence-corrected chi connectivity index (χ1v) is 11.4. The van der Waals surface area contributed by atoms with Crippen LogP contribution in [0.2, 0.25) is 0 Å². The number of rotatable bonds is 5. The van der Waals surface area contributed by atoms with Gasteiger partial charge in [-0.3, -0.25) is 15.1 Å². The van der Waals surface area contributed by atoms with Crippen molar-refractivity contribution in [1.82, 2.24) is 40.0 Å². The van der Waals surface area contributed by atoms with Crippen molar-refractivity contribution in [3.05, 3.63) is 65.8 Å². The molecule has 0 aliphatic rings. The molecular formula is C24H19FN8S. The molecule has 0 spiro atoms. The Kier molecular flexibility index (Phi) is 4.89. The molecule has 0 bridgehead atoms. The van der Waals surface area contributed by atoms with Crippen molar-refractivity contribution in [2.45, 2.75) is 6.54 Å². The highest BCUT2D eigenvalue weighted by molar-refractivity contribution is 7.14. The van der Waals surface area contributed by atoms with E-state index < -0.39 is 0 Å². The normalized spacial score (nSPS) is 11.8. The van der Waals surface area contributed by atoms with Crippen LogP contribution < -0.4 is 0 Å². The van der Waals surface area contributed by atoms with Gasteiger partial charge in [0.15, 0.2) is 16.6 Å². The monoisotopic (exact) mass is 470 g/mol. The highest BCUT2D eigenvalue weighted by atomic mass is 32.1. The minimum absolute atomic E-state index is 0.248. The van der Waals surface area contributed by atoms with Crippen LogP contribution in [0.5, 0.6) is 0 Å². The van der Waals surface area contributed by atoms with E-state index in [1.165, 1.54) is 6.07 Å². The Labute approximate surface area is 197 Å². The SMILES string of the molecule is CN(C)Cc1cncc(-c2ccc3[nH]nc(-c4nc5c(-c6ccc(F)s6)cncc5[nH]4)c3n2)c1. The minimum Gasteiger partial charge on any atom is -0.335 e. The lowest BCUT2D eigenvalue weighted by Gasteiger charge is -2.10. The van der Waals surface area contributed by atoms with Crippen molar-refractivity contribution in [1.29, 1.82) is 0 Å². The molecule has 0 unspecified atom stereocenters. The average molecular weight is 471 g/mol. The number of fused-ring (bicyclic) bond motifs is 2. The van der Waals surface area contributed by atoms with Gasteiger partial charge in [-0.25, -0.2) is 9.97 Å². The van der Waals surface area contributed by atoms with Crippen LogP contribution >= 0.6 is 11.3 Å². The third-order valence-corrected chi connectivity index (χ3v) is 6.36. The van der Waals surface area contributed by atoms with Crippen LogP contribution in [0.15, 0.2) is 55.1 Å². The number of hydrogen-bond donors (Lipinski definition) is 2. The van der Waals surface area contributed by atoms with E-state index in [-0.39, 0.29) is 5.13 Å². The lowest BCUT2D eigenvalue weighted by Crippen LogP contribution is -2.10. The number of nitrogens with one attached hydrogen (secondary N) is 2. The second-order valence-corrected chi connectivity index (χ2v) is 9.29. The summed E-state index contributed by atoms with van der Waals surface area (Å²) < 4.78 is 13.6. The van der Waals surface area contributed by atoms with Crippen LogP contribution in [0.25, 0.3) is 55.3 Å². The first kappa shape index (κ1) is 20.6. The molecule has 0 amide bonds. The van der Waals surface area contributed by atoms with Gasteiger partial charge in [-0.15, -0.1) is 11.3 Å². The summed E-state index contributed by atoms with van der Waals surface area (Å²) in [6, 6.07) is 9.19. The van der Waals surface area contributed by atoms with Gasteiger partial charge in [0.1, 0.15) is 11.0 Å². The third-order valence-electron chi connectivity index (χ3n) is 5.45. The maximum atomic E-state index is 13.6. The number of pyridine rings is 3. The summed E-state index contributed by atoms with van der Waals surface area (Å²) >= 11 is 1.07. The minimum atomic E-state index is -0.248. The topological polar surface area (TPSA) is 99.3 Å². The number of H-pyrrole nitrogens is 2. The number of aromatic nitrogens is 7. The van der Waals surface area contributed by atoms with Crippen molar-refractivity contribution >= 4 is 33.4 Å². The molecule has 168 valence electrons. The molecule has 0 radical (unpaired) electrons. The first-order chi connectivity index (χ1) is 16.5. The Bertz CT molecular complexity index is 1650. The van der Waals surface area contributed by atoms with Gasteiger partial charge < -0.3 is 9.88 Å². The average Bonchev–Trinajstić information content (AvgIpc) is 3.55. The largest absolute Gasteiger partial charge is 0.335 e. The highest BCUT2D eigenvalue weighted by Gasteiger charge is 2.18. The number of imidazole rings is 1. The van der Waals surface area contributed by atoms with E-state index >= 15 is 0 Å². The van der Waals surface area contributed by atoms with Crippen molar-refractivity contribution in [3.63, 3.8) is 0 Å². The molecule has 0 fully saturated rings. The molecule has 6 heterocycles. The van der Waals surface area contributed by atoms with Gasteiger partial charge in [-0.05, 0) is 50.0 Å². The number of aromatic amines is 2. The Morgan fingerprint density at radius 1 is 0.941 bits per heavy atom. The van der Waals surface area contributed by atoms with Gasteiger partial charge in [0.05, 0.1) is 22.9 Å². The van der Waals surface area contributed by atoms with Gasteiger partial charge >= 0.3 is 0 Å². The van der Waals surface area contributed by atoms with E-state index in [1.54, 1.807) is 18.5 Å². The van der Waals surface area contributed by atoms with Gasteiger partial charge in [0.2, 0.25) is 0 Å². The van der Waals surface area contributed by atoms with Gasteiger partial charge in [-0.2, -0.15) is 9.49 Å². The Morgan fingerprint density at radius 3 is 2.65 bits per heavy atom. The molecular weight excluding hydrogens is 451 g/mol. The molecule has 6 aromatic rings. The summed E-state index contributed by atoms with van der Waals surface area (Å²) in [7, 11) is 4.05. The highest BCUT2D eigenvalue weighted by Crippen LogP contribution is 2.34. The van der Waals surface area contributed by atoms with Crippen LogP contribution in [0, 0.1) is 5.13 Å². The number of thiophene rings is 1. The van der Waals surface area contributed by atoms with Crippen molar-refractivity contribution in [3.8, 4) is 33.2 Å². The summed E-state index contributed by atoms with van der Waals surface area (Å²) in [6.07, 6.45) is 7.08. The van der Waals surface area contributed by atoms with Gasteiger partial charge in [-0.1, -0.05) is 0 Å². The molecule has 2 N–H and O–H groups in total. The fourth-order valence-electron chi connectivity index (χ4n) is 3.99. The molecule has 6 aromatic heterocycles. The fourth-order valence-corrected chi connectivity index (χ4v) is 4.73. The number of halogens is 1. The van der Waals surface area contributed by atoms with Crippen molar-refractivity contribution < 1.29 is 4.39 Å². The fraction of sp³-hybridized carbons (Fsp3) is 0.125. The lowest BCUT2D eigenvalue weighted by molar-refractivity contribution is 0.402. The van der Waals surface area contributed by atoms with Crippen LogP contribution in [0.1, 0.15) is 5.56 Å². The third kappa shape index (κ3) is 3.62. The quantitative estimate of drug-likeness (QED) is 0.372. The molecule has 8 nitrogen and oxygen atoms in total. The van der Waals surface area contributed by atoms with Crippen molar-refractivity contribution in [2.75, 3.05) is 14.1 Å². The predicted octanol–water partition coefficient (Wildman–Crippen LogP) is 4.89. The summed E-state index contributed by atoms with van der Waals surface area (Å²) in [5.74, 6) is 0.566. The van der Waals surface area contributed by atoms with E-state index in [1.807, 2.05) is 38.6 Å². The summed E-state index contributed by atoms with van der Waals surface area (Å²) in [5, 5.41) is 7.27. The van der Waals surface area contributed by atoms with E-state index in [0.717, 1.165) is 56.2 Å². The van der Waals surface area contributed by atoms with E-state index in [2.05, 4.69) is 36.1 Å². The van der Waals surface area contributed by atoms with E-state index in [0.29, 0.717) is 22.6 Å². The van der Waals surface area contributed by atoms with Gasteiger partial charge in [0, 0.05) is 41.1 Å². The Balaban J connectivity index is 1.45. The zero-order valence-electron chi connectivity index (χ0n) is 18.4. The molecule has 0 aromatic carbocycles. The number of nitrogens with zero attached hydrogens (tertiary/aromatic N) is 6. The van der Waals surface area contributed by atoms with E-state index in [9.17, 15) is 4.39 Å². The molecule has 6 rings (SSSR count). The van der Waals surface area contributed by atoms with E-state index in [4.69, 9.17) is 9.97 Å². The Hall–Kier alpha value is -4.02. The maximum absolute atomic E-state index is 13.6. The van der Waals surface area contributed by atoms with Crippen LogP contribution in [0.3, 0.4) is 0 Å². The summed E-state index contributed by atoms with van der Waals surface area (Å²) in [5.41, 5.74) is 7.18. The molecule has 0 aliphatic carbocycles. The van der Waals surface area contributed by atoms with Gasteiger partial charge in [0.25, 0.3) is 0 Å². The molecule has 10 heteroatoms. The molecule has 0 saturated carbocycles. The summed E-state index contributed by atoms with van der Waals surface area (Å²) in [4.78, 5) is 24.5. The molecule has 0 aliphatic heterocycles. The predicted molar refractivity (Wildman–Crippen MR) is 131 cm³/mol. The smallest absolute Gasteiger partial charge is 0.176 e. The van der Waals surface area contributed by atoms with Crippen LogP contribution in [0.4, 0.5) is 4.39 Å².